The van der Waals surface area contributed by atoms with Gasteiger partial charge in [-0.1, -0.05) is 12.1 Å². The van der Waals surface area contributed by atoms with Crippen LogP contribution in [-0.2, 0) is 0 Å². The van der Waals surface area contributed by atoms with Crippen molar-refractivity contribution in [2.75, 3.05) is 5.73 Å². The molecule has 1 aromatic carbocycles. The number of pyridine rings is 2. The Kier molecular flexibility index (Phi) is 6.73. The van der Waals surface area contributed by atoms with Crippen molar-refractivity contribution in [1.29, 1.82) is 5.26 Å². The number of hydrogen-bond donors (Lipinski definition) is 1. The topological polar surface area (TPSA) is 150 Å². The van der Waals surface area contributed by atoms with Crippen LogP contribution in [-0.4, -0.2) is 40.2 Å². The third-order valence-electron chi connectivity index (χ3n) is 6.80. The Morgan fingerprint density at radius 1 is 1.02 bits per heavy atom. The summed E-state index contributed by atoms with van der Waals surface area (Å²) in [6.45, 7) is 5.40. The zero-order valence-electron chi connectivity index (χ0n) is 23.2. The van der Waals surface area contributed by atoms with Gasteiger partial charge in [-0.2, -0.15) is 10.4 Å². The van der Waals surface area contributed by atoms with E-state index in [9.17, 15) is 18.8 Å². The zero-order chi connectivity index (χ0) is 30.4. The Morgan fingerprint density at radius 3 is 2.58 bits per heavy atom. The van der Waals surface area contributed by atoms with Crippen LogP contribution < -0.4 is 16.0 Å². The first-order valence-corrected chi connectivity index (χ1v) is 13.2. The molecule has 6 aromatic rings. The monoisotopic (exact) mass is 579 g/mol. The summed E-state index contributed by atoms with van der Waals surface area (Å²) in [7, 11) is 0. The van der Waals surface area contributed by atoms with E-state index >= 15 is 0 Å². The van der Waals surface area contributed by atoms with Gasteiger partial charge in [0.25, 0.3) is 5.56 Å². The second kappa shape index (κ2) is 10.6. The lowest BCUT2D eigenvalue weighted by molar-refractivity contribution is 0.232. The normalized spacial score (nSPS) is 12.1. The Labute approximate surface area is 242 Å². The number of rotatable bonds is 6. The number of anilines is 1. The molecule has 0 saturated carbocycles. The smallest absolute Gasteiger partial charge is 0.266 e. The minimum atomic E-state index is -0.765. The summed E-state index contributed by atoms with van der Waals surface area (Å²) >= 11 is 0. The van der Waals surface area contributed by atoms with Gasteiger partial charge in [-0.05, 0) is 56.7 Å². The van der Waals surface area contributed by atoms with E-state index in [2.05, 4.69) is 21.0 Å². The maximum atomic E-state index is 14.3. The van der Waals surface area contributed by atoms with Gasteiger partial charge in [0.2, 0.25) is 5.88 Å². The van der Waals surface area contributed by atoms with E-state index in [1.54, 1.807) is 19.1 Å². The van der Waals surface area contributed by atoms with Crippen molar-refractivity contribution in [3.05, 3.63) is 94.4 Å². The molecule has 0 amide bonds. The lowest BCUT2D eigenvalue weighted by Gasteiger charge is -2.18. The molecule has 0 bridgehead atoms. The number of aromatic nitrogens is 7. The maximum absolute atomic E-state index is 14.3. The van der Waals surface area contributed by atoms with E-state index in [4.69, 9.17) is 20.6 Å². The van der Waals surface area contributed by atoms with Crippen molar-refractivity contribution in [2.24, 2.45) is 0 Å². The summed E-state index contributed by atoms with van der Waals surface area (Å²) in [4.78, 5) is 31.4. The number of hydrogen-bond acceptors (Lipinski definition) is 9. The van der Waals surface area contributed by atoms with Gasteiger partial charge in [-0.3, -0.25) is 9.20 Å². The maximum Gasteiger partial charge on any atom is 0.266 e. The van der Waals surface area contributed by atoms with Gasteiger partial charge in [0.05, 0.1) is 28.8 Å². The minimum absolute atomic E-state index is 0.0611. The molecule has 13 heteroatoms. The number of nitrogens with two attached hydrogens (primary N) is 1. The largest absolute Gasteiger partial charge is 0.474 e. The first kappa shape index (κ1) is 27.4. The fraction of sp³-hybridized carbons (Fsp3) is 0.167. The summed E-state index contributed by atoms with van der Waals surface area (Å²) in [6.07, 6.45) is 3.63. The molecule has 0 aliphatic heterocycles. The van der Waals surface area contributed by atoms with E-state index in [0.717, 1.165) is 10.6 Å². The molecule has 0 aliphatic rings. The van der Waals surface area contributed by atoms with Crippen LogP contribution >= 0.6 is 0 Å². The molecule has 5 heterocycles. The van der Waals surface area contributed by atoms with Crippen LogP contribution in [0.3, 0.4) is 0 Å². The van der Waals surface area contributed by atoms with Crippen LogP contribution in [0.15, 0.2) is 66.0 Å². The average Bonchev–Trinajstić information content (AvgIpc) is 3.38. The van der Waals surface area contributed by atoms with Crippen LogP contribution in [0.25, 0.3) is 39.1 Å². The van der Waals surface area contributed by atoms with Crippen LogP contribution in [0, 0.1) is 23.0 Å². The summed E-state index contributed by atoms with van der Waals surface area (Å²) in [5.74, 6) is -0.878. The molecule has 1 atom stereocenters. The molecule has 0 spiro atoms. The van der Waals surface area contributed by atoms with Gasteiger partial charge >= 0.3 is 0 Å². The number of halogens is 2. The highest BCUT2D eigenvalue weighted by atomic mass is 19.1. The van der Waals surface area contributed by atoms with Crippen LogP contribution in [0.5, 0.6) is 5.88 Å². The quantitative estimate of drug-likeness (QED) is 0.296. The first-order chi connectivity index (χ1) is 20.7. The van der Waals surface area contributed by atoms with E-state index in [0.29, 0.717) is 22.3 Å². The molecule has 0 fully saturated rings. The Hall–Kier alpha value is -5.77. The van der Waals surface area contributed by atoms with Crippen molar-refractivity contribution in [3.8, 4) is 34.3 Å². The molecule has 6 rings (SSSR count). The van der Waals surface area contributed by atoms with Crippen LogP contribution in [0.2, 0.25) is 0 Å². The SMILES string of the molecule is CC(C)Oc1ncc(-c2nn([C@H](C)c3nc4ccc(F)cn4c(=O)c3-c3cccc(F)c3)c3ncnc(N)c23)cc1C#N. The molecule has 43 heavy (non-hydrogen) atoms. The van der Waals surface area contributed by atoms with E-state index < -0.39 is 23.2 Å². The predicted molar refractivity (Wildman–Crippen MR) is 154 cm³/mol. The van der Waals surface area contributed by atoms with Crippen molar-refractivity contribution in [3.63, 3.8) is 0 Å². The van der Waals surface area contributed by atoms with E-state index in [1.165, 1.54) is 47.5 Å². The van der Waals surface area contributed by atoms with Gasteiger partial charge < -0.3 is 10.5 Å². The molecule has 0 aliphatic carbocycles. The zero-order valence-corrected chi connectivity index (χ0v) is 23.2. The Balaban J connectivity index is 1.60. The number of ether oxygens (including phenoxy) is 1. The van der Waals surface area contributed by atoms with Crippen LogP contribution in [0.4, 0.5) is 14.6 Å². The molecular formula is C30H23F2N9O2. The minimum Gasteiger partial charge on any atom is -0.474 e. The van der Waals surface area contributed by atoms with Gasteiger partial charge in [0.15, 0.2) is 5.65 Å². The first-order valence-electron chi connectivity index (χ1n) is 13.2. The van der Waals surface area contributed by atoms with Gasteiger partial charge in [0.1, 0.15) is 46.8 Å². The highest BCUT2D eigenvalue weighted by Gasteiger charge is 2.27. The molecule has 5 aromatic heterocycles. The second-order valence-electron chi connectivity index (χ2n) is 10.0. The standard InChI is InChI=1S/C30H23F2N9O2/c1-15(2)43-29-18(11-33)9-19(12-35-29)26-24-27(34)36-14-37-28(24)41(39-26)16(3)25-23(17-5-4-6-20(31)10-17)30(42)40-13-21(32)7-8-22(40)38-25/h4-10,12-16H,1-3H3,(H2,34,36,37)/t16-/m1/s1. The van der Waals surface area contributed by atoms with Gasteiger partial charge in [-0.25, -0.2) is 33.4 Å². The Bertz CT molecular complexity index is 2150. The second-order valence-corrected chi connectivity index (χ2v) is 10.0. The third-order valence-corrected chi connectivity index (χ3v) is 6.80. The third kappa shape index (κ3) is 4.78. The van der Waals surface area contributed by atoms with Gasteiger partial charge in [0, 0.05) is 18.0 Å². The molecule has 214 valence electrons. The average molecular weight is 580 g/mol. The number of benzene rings is 1. The molecular weight excluding hydrogens is 556 g/mol. The highest BCUT2D eigenvalue weighted by Crippen LogP contribution is 2.35. The fourth-order valence-electron chi connectivity index (χ4n) is 4.91. The number of nitriles is 1. The fourth-order valence-corrected chi connectivity index (χ4v) is 4.91. The Morgan fingerprint density at radius 2 is 1.84 bits per heavy atom. The van der Waals surface area contributed by atoms with E-state index in [-0.39, 0.29) is 45.8 Å². The lowest BCUT2D eigenvalue weighted by atomic mass is 10.0. The number of fused-ring (bicyclic) bond motifs is 2. The summed E-state index contributed by atoms with van der Waals surface area (Å²) < 4.78 is 36.7. The predicted octanol–water partition coefficient (Wildman–Crippen LogP) is 4.69. The summed E-state index contributed by atoms with van der Waals surface area (Å²) in [6, 6.07) is 11.0. The molecule has 0 radical (unpaired) electrons. The van der Waals surface area contributed by atoms with Crippen molar-refractivity contribution in [1.82, 2.24) is 34.1 Å². The van der Waals surface area contributed by atoms with Crippen molar-refractivity contribution < 1.29 is 13.5 Å². The lowest BCUT2D eigenvalue weighted by Crippen LogP contribution is -2.23. The number of nitrogen functional groups attached to an aromatic ring is 1. The van der Waals surface area contributed by atoms with Crippen molar-refractivity contribution in [2.45, 2.75) is 32.9 Å². The van der Waals surface area contributed by atoms with Crippen LogP contribution in [0.1, 0.15) is 38.1 Å². The van der Waals surface area contributed by atoms with Gasteiger partial charge in [-0.15, -0.1) is 0 Å². The molecule has 0 saturated heterocycles. The highest BCUT2D eigenvalue weighted by molar-refractivity contribution is 5.98. The number of nitrogens with zero attached hydrogens (tertiary/aromatic N) is 8. The molecule has 0 unspecified atom stereocenters. The molecule has 11 nitrogen and oxygen atoms in total. The summed E-state index contributed by atoms with van der Waals surface area (Å²) in [5.41, 5.74) is 7.77. The van der Waals surface area contributed by atoms with Crippen molar-refractivity contribution >= 4 is 22.5 Å². The van der Waals surface area contributed by atoms with E-state index in [1.807, 2.05) is 13.8 Å². The summed E-state index contributed by atoms with van der Waals surface area (Å²) in [5, 5.41) is 15.0. The molecule has 2 N–H and O–H groups in total.